The summed E-state index contributed by atoms with van der Waals surface area (Å²) in [5, 5.41) is 19.5. The van der Waals surface area contributed by atoms with E-state index in [2.05, 4.69) is 51.9 Å². The van der Waals surface area contributed by atoms with Gasteiger partial charge in [-0.1, -0.05) is 19.9 Å². The van der Waals surface area contributed by atoms with Gasteiger partial charge in [0, 0.05) is 31.1 Å². The maximum absolute atomic E-state index is 10.5. The summed E-state index contributed by atoms with van der Waals surface area (Å²) in [4.78, 5) is 8.49. The Kier molecular flexibility index (Phi) is 11.9. The maximum atomic E-state index is 10.5. The quantitative estimate of drug-likeness (QED) is 0.263. The summed E-state index contributed by atoms with van der Waals surface area (Å²) in [6, 6.07) is 4.60. The Bertz CT molecular complexity index is 567. The fourth-order valence-electron chi connectivity index (χ4n) is 3.25. The van der Waals surface area contributed by atoms with E-state index in [0.29, 0.717) is 19.4 Å². The number of aliphatic hydroxyl groups is 1. The van der Waals surface area contributed by atoms with Crippen LogP contribution in [0.4, 0.5) is 0 Å². The standard InChI is InChI=1S/C20H36N4O2S.HI/c1-5-20(25,6-2)15-23-19(21-7-3)22-13-17(18-9-8-12-27-18)24-10-11-26-16(4)14-24;/h8-9,12,16-17,25H,5-7,10-11,13-15H2,1-4H3,(H2,21,22,23);1H. The van der Waals surface area contributed by atoms with Gasteiger partial charge in [-0.3, -0.25) is 9.89 Å². The highest BCUT2D eigenvalue weighted by molar-refractivity contribution is 14.0. The fraction of sp³-hybridized carbons (Fsp3) is 0.750. The summed E-state index contributed by atoms with van der Waals surface area (Å²) >= 11 is 1.79. The van der Waals surface area contributed by atoms with Gasteiger partial charge in [0.2, 0.25) is 0 Å². The molecule has 0 spiro atoms. The van der Waals surface area contributed by atoms with Crippen LogP contribution in [0.5, 0.6) is 0 Å². The van der Waals surface area contributed by atoms with Crippen molar-refractivity contribution in [3.63, 3.8) is 0 Å². The predicted molar refractivity (Wildman–Crippen MR) is 129 cm³/mol. The van der Waals surface area contributed by atoms with Crippen molar-refractivity contribution < 1.29 is 9.84 Å². The Hall–Kier alpha value is -0.420. The van der Waals surface area contributed by atoms with Gasteiger partial charge in [0.15, 0.2) is 5.96 Å². The van der Waals surface area contributed by atoms with Crippen molar-refractivity contribution in [1.29, 1.82) is 0 Å². The van der Waals surface area contributed by atoms with Gasteiger partial charge in [-0.15, -0.1) is 35.3 Å². The number of thiophene rings is 1. The van der Waals surface area contributed by atoms with Crippen LogP contribution < -0.4 is 10.6 Å². The third-order valence-corrected chi connectivity index (χ3v) is 6.21. The Balaban J connectivity index is 0.00000392. The summed E-state index contributed by atoms with van der Waals surface area (Å²) in [7, 11) is 0. The lowest BCUT2D eigenvalue weighted by molar-refractivity contribution is -0.0334. The van der Waals surface area contributed by atoms with Crippen LogP contribution in [0.15, 0.2) is 22.5 Å². The molecule has 28 heavy (non-hydrogen) atoms. The highest BCUT2D eigenvalue weighted by atomic mass is 127. The lowest BCUT2D eigenvalue weighted by Gasteiger charge is -2.37. The van der Waals surface area contributed by atoms with E-state index in [1.165, 1.54) is 4.88 Å². The number of nitrogens with zero attached hydrogens (tertiary/aromatic N) is 2. The maximum Gasteiger partial charge on any atom is 0.191 e. The van der Waals surface area contributed by atoms with E-state index in [-0.39, 0.29) is 36.1 Å². The number of morpholine rings is 1. The molecule has 0 amide bonds. The van der Waals surface area contributed by atoms with Crippen LogP contribution in [0.2, 0.25) is 0 Å². The van der Waals surface area contributed by atoms with Crippen molar-refractivity contribution in [3.8, 4) is 0 Å². The zero-order valence-electron chi connectivity index (χ0n) is 17.6. The monoisotopic (exact) mass is 524 g/mol. The first-order valence-corrected chi connectivity index (χ1v) is 11.0. The van der Waals surface area contributed by atoms with Gasteiger partial charge in [-0.25, -0.2) is 0 Å². The summed E-state index contributed by atoms with van der Waals surface area (Å²) in [5.74, 6) is 0.765. The molecule has 2 rings (SSSR count). The average molecular weight is 525 g/mol. The normalized spacial score (nSPS) is 19.8. The number of guanidine groups is 1. The zero-order valence-corrected chi connectivity index (χ0v) is 20.8. The summed E-state index contributed by atoms with van der Waals surface area (Å²) < 4.78 is 5.72. The first-order valence-electron chi connectivity index (χ1n) is 10.1. The van der Waals surface area contributed by atoms with E-state index in [9.17, 15) is 5.11 Å². The molecule has 0 bridgehead atoms. The second kappa shape index (κ2) is 13.0. The van der Waals surface area contributed by atoms with E-state index in [1.54, 1.807) is 11.3 Å². The fourth-order valence-corrected chi connectivity index (χ4v) is 4.11. The minimum atomic E-state index is -0.727. The highest BCUT2D eigenvalue weighted by Crippen LogP contribution is 2.26. The Morgan fingerprint density at radius 3 is 2.71 bits per heavy atom. The molecule has 0 radical (unpaired) electrons. The number of aliphatic imine (C=N–C) groups is 1. The SMILES string of the molecule is CCNC(=NCC(O)(CC)CC)NCC(c1cccs1)N1CCOC(C)C1.I. The number of hydrogen-bond donors (Lipinski definition) is 3. The molecule has 2 atom stereocenters. The number of halogens is 1. The molecule has 3 N–H and O–H groups in total. The molecular weight excluding hydrogens is 487 g/mol. The smallest absolute Gasteiger partial charge is 0.191 e. The number of ether oxygens (including phenoxy) is 1. The Labute approximate surface area is 191 Å². The van der Waals surface area contributed by atoms with E-state index >= 15 is 0 Å². The van der Waals surface area contributed by atoms with Crippen molar-refractivity contribution in [2.24, 2.45) is 4.99 Å². The molecule has 162 valence electrons. The molecule has 1 saturated heterocycles. The van der Waals surface area contributed by atoms with Crippen molar-refractivity contribution in [3.05, 3.63) is 22.4 Å². The molecule has 8 heteroatoms. The van der Waals surface area contributed by atoms with Gasteiger partial charge < -0.3 is 20.5 Å². The molecule has 1 aliphatic heterocycles. The Morgan fingerprint density at radius 2 is 2.14 bits per heavy atom. The molecule has 2 unspecified atom stereocenters. The van der Waals surface area contributed by atoms with Crippen LogP contribution in [0, 0.1) is 0 Å². The second-order valence-corrected chi connectivity index (χ2v) is 8.19. The van der Waals surface area contributed by atoms with Gasteiger partial charge in [0.05, 0.1) is 30.9 Å². The molecule has 1 aromatic heterocycles. The second-order valence-electron chi connectivity index (χ2n) is 7.22. The van der Waals surface area contributed by atoms with Crippen LogP contribution >= 0.6 is 35.3 Å². The first kappa shape index (κ1) is 25.6. The van der Waals surface area contributed by atoms with E-state index in [1.807, 2.05) is 13.8 Å². The minimum Gasteiger partial charge on any atom is -0.388 e. The van der Waals surface area contributed by atoms with Crippen LogP contribution in [0.1, 0.15) is 51.5 Å². The van der Waals surface area contributed by atoms with Crippen LogP contribution in [0.25, 0.3) is 0 Å². The lowest BCUT2D eigenvalue weighted by atomic mass is 9.98. The van der Waals surface area contributed by atoms with Gasteiger partial charge in [0.1, 0.15) is 0 Å². The van der Waals surface area contributed by atoms with Crippen molar-refractivity contribution in [2.75, 3.05) is 39.3 Å². The molecule has 0 aromatic carbocycles. The van der Waals surface area contributed by atoms with Crippen molar-refractivity contribution >= 4 is 41.3 Å². The largest absolute Gasteiger partial charge is 0.388 e. The van der Waals surface area contributed by atoms with Crippen molar-refractivity contribution in [1.82, 2.24) is 15.5 Å². The Morgan fingerprint density at radius 1 is 1.39 bits per heavy atom. The van der Waals surface area contributed by atoms with Gasteiger partial charge in [0.25, 0.3) is 0 Å². The molecule has 2 heterocycles. The first-order chi connectivity index (χ1) is 13.0. The molecule has 6 nitrogen and oxygen atoms in total. The van der Waals surface area contributed by atoms with Gasteiger partial charge >= 0.3 is 0 Å². The number of hydrogen-bond acceptors (Lipinski definition) is 5. The molecule has 1 fully saturated rings. The van der Waals surface area contributed by atoms with Crippen molar-refractivity contribution in [2.45, 2.75) is 58.3 Å². The topological polar surface area (TPSA) is 69.1 Å². The zero-order chi connectivity index (χ0) is 19.7. The van der Waals surface area contributed by atoms with Crippen LogP contribution in [-0.2, 0) is 4.74 Å². The molecular formula is C20H37IN4O2S. The minimum absolute atomic E-state index is 0. The summed E-state index contributed by atoms with van der Waals surface area (Å²) in [5.41, 5.74) is -0.727. The summed E-state index contributed by atoms with van der Waals surface area (Å²) in [6.07, 6.45) is 1.67. The van der Waals surface area contributed by atoms with Crippen LogP contribution in [0.3, 0.4) is 0 Å². The summed E-state index contributed by atoms with van der Waals surface area (Å²) in [6.45, 7) is 12.8. The third kappa shape index (κ3) is 7.78. The number of rotatable bonds is 9. The number of nitrogens with one attached hydrogen (secondary N) is 2. The molecule has 1 aromatic rings. The molecule has 0 saturated carbocycles. The van der Waals surface area contributed by atoms with Crippen LogP contribution in [-0.4, -0.2) is 67.0 Å². The predicted octanol–water partition coefficient (Wildman–Crippen LogP) is 3.23. The van der Waals surface area contributed by atoms with Gasteiger partial charge in [-0.2, -0.15) is 0 Å². The third-order valence-electron chi connectivity index (χ3n) is 5.24. The highest BCUT2D eigenvalue weighted by Gasteiger charge is 2.27. The van der Waals surface area contributed by atoms with Gasteiger partial charge in [-0.05, 0) is 38.1 Å². The molecule has 0 aliphatic carbocycles. The van der Waals surface area contributed by atoms with E-state index in [4.69, 9.17) is 4.74 Å². The van der Waals surface area contributed by atoms with E-state index < -0.39 is 5.60 Å². The molecule has 1 aliphatic rings. The lowest BCUT2D eigenvalue weighted by Crippen LogP contribution is -2.48. The average Bonchev–Trinajstić information content (AvgIpc) is 3.20. The van der Waals surface area contributed by atoms with E-state index in [0.717, 1.165) is 38.7 Å².